The van der Waals surface area contributed by atoms with E-state index in [0.717, 1.165) is 11.5 Å². The van der Waals surface area contributed by atoms with E-state index in [2.05, 4.69) is 4.98 Å². The maximum absolute atomic E-state index is 12.1. The molecule has 1 aromatic rings. The average molecular weight is 422 g/mol. The van der Waals surface area contributed by atoms with E-state index in [1.807, 2.05) is 0 Å². The van der Waals surface area contributed by atoms with Gasteiger partial charge in [-0.1, -0.05) is 6.92 Å². The number of hydrogen-bond donors (Lipinski definition) is 5. The van der Waals surface area contributed by atoms with Crippen LogP contribution in [0.2, 0.25) is 0 Å². The van der Waals surface area contributed by atoms with Gasteiger partial charge in [-0.05, 0) is 20.3 Å². The molecule has 11 nitrogen and oxygen atoms in total. The molecule has 2 unspecified atom stereocenters. The lowest BCUT2D eigenvalue weighted by molar-refractivity contribution is -0.0494. The summed E-state index contributed by atoms with van der Waals surface area (Å²) >= 11 is 0. The molecule has 28 heavy (non-hydrogen) atoms. The summed E-state index contributed by atoms with van der Waals surface area (Å²) in [6, 6.07) is 0. The van der Waals surface area contributed by atoms with Crippen LogP contribution in [0.1, 0.15) is 45.3 Å². The largest absolute Gasteiger partial charge is 0.388 e. The molecule has 2 heterocycles. The summed E-state index contributed by atoms with van der Waals surface area (Å²) in [5.41, 5.74) is -2.67. The minimum absolute atomic E-state index is 0.0351. The fourth-order valence-electron chi connectivity index (χ4n) is 3.02. The van der Waals surface area contributed by atoms with Crippen LogP contribution < -0.4 is 11.2 Å². The van der Waals surface area contributed by atoms with Gasteiger partial charge >= 0.3 is 13.3 Å². The van der Waals surface area contributed by atoms with Gasteiger partial charge in [0.25, 0.3) is 5.56 Å². The summed E-state index contributed by atoms with van der Waals surface area (Å²) in [5, 5.41) is 30.2. The van der Waals surface area contributed by atoms with E-state index in [1.54, 1.807) is 6.92 Å². The quantitative estimate of drug-likeness (QED) is 0.358. The molecule has 7 atom stereocenters. The van der Waals surface area contributed by atoms with Gasteiger partial charge in [0, 0.05) is 19.7 Å². The molecule has 5 N–H and O–H groups in total. The highest BCUT2D eigenvalue weighted by Crippen LogP contribution is 2.52. The maximum Gasteiger partial charge on any atom is 0.356 e. The lowest BCUT2D eigenvalue weighted by Gasteiger charge is -2.34. The normalized spacial score (nSPS) is 30.6. The molecule has 0 bridgehead atoms. The number of hydrogen-bond acceptors (Lipinski definition) is 8. The highest BCUT2D eigenvalue weighted by atomic mass is 31.2. The predicted molar refractivity (Wildman–Crippen MR) is 97.8 cm³/mol. The Morgan fingerprint density at radius 1 is 1.39 bits per heavy atom. The van der Waals surface area contributed by atoms with E-state index in [1.165, 1.54) is 20.2 Å². The van der Waals surface area contributed by atoms with Crippen LogP contribution in [0.15, 0.2) is 15.8 Å². The number of aromatic nitrogens is 2. The second-order valence-electron chi connectivity index (χ2n) is 7.33. The molecule has 1 saturated heterocycles. The summed E-state index contributed by atoms with van der Waals surface area (Å²) in [6.45, 7) is 4.34. The van der Waals surface area contributed by atoms with Crippen LogP contribution in [-0.4, -0.2) is 59.5 Å². The van der Waals surface area contributed by atoms with Gasteiger partial charge in [0.1, 0.15) is 18.3 Å². The Hall–Kier alpha value is -1.33. The van der Waals surface area contributed by atoms with Crippen molar-refractivity contribution in [1.82, 2.24) is 9.55 Å². The molecule has 1 aliphatic heterocycles. The Balaban J connectivity index is 2.26. The third-order valence-electron chi connectivity index (χ3n) is 5.01. The van der Waals surface area contributed by atoms with E-state index in [0.29, 0.717) is 0 Å². The summed E-state index contributed by atoms with van der Waals surface area (Å²) in [4.78, 5) is 35.5. The van der Waals surface area contributed by atoms with Crippen LogP contribution in [0.4, 0.5) is 0 Å². The summed E-state index contributed by atoms with van der Waals surface area (Å²) in [7, 11) is -2.91. The summed E-state index contributed by atoms with van der Waals surface area (Å²) in [5.74, 6) is -1.60. The monoisotopic (exact) mass is 422 g/mol. The van der Waals surface area contributed by atoms with Crippen molar-refractivity contribution in [1.29, 1.82) is 0 Å². The molecule has 1 aromatic heterocycles. The summed E-state index contributed by atoms with van der Waals surface area (Å²) in [6.07, 6.45) is -3.69. The van der Waals surface area contributed by atoms with Crippen LogP contribution >= 0.6 is 7.60 Å². The number of aliphatic hydroxyl groups excluding tert-OH is 3. The molecule has 0 aliphatic carbocycles. The lowest BCUT2D eigenvalue weighted by atomic mass is 9.92. The number of nitrogens with zero attached hydrogens (tertiary/aromatic N) is 1. The molecular formula is C16H27N2O9P. The van der Waals surface area contributed by atoms with Crippen molar-refractivity contribution in [3.8, 4) is 0 Å². The fraction of sp³-hybridized carbons (Fsp3) is 0.750. The molecule has 12 heteroatoms. The zero-order valence-electron chi connectivity index (χ0n) is 16.1. The Labute approximate surface area is 161 Å². The zero-order chi connectivity index (χ0) is 21.4. The van der Waals surface area contributed by atoms with E-state index in [-0.39, 0.29) is 18.4 Å². The number of nitrogens with one attached hydrogen (secondary N) is 1. The van der Waals surface area contributed by atoms with Crippen LogP contribution in [0, 0.1) is 0 Å². The minimum atomic E-state index is -4.32. The molecule has 0 spiro atoms. The maximum atomic E-state index is 12.1. The smallest absolute Gasteiger partial charge is 0.356 e. The average Bonchev–Trinajstić information content (AvgIpc) is 2.85. The number of H-pyrrole nitrogens is 1. The molecule has 2 rings (SSSR count). The third-order valence-corrected chi connectivity index (χ3v) is 6.66. The molecule has 1 aliphatic rings. The molecule has 0 saturated carbocycles. The standard InChI is InChI=1S/C16H27N2O9P/c1-5-16(3,27-28(24,25)8(2)19)6-10-11(20)12(21)13(26-10)9-7-18(4)15(23)17-14(9)22/h7-8,10-13,19-21H,5-6H2,1-4H3,(H,24,25)(H,17,22,23)/t8-,10+,11+,12+,13-,16?/m0/s1. The first-order valence-electron chi connectivity index (χ1n) is 8.84. The molecule has 160 valence electrons. The SMILES string of the molecule is CCC(C)(C[C@H]1O[C@@H](c2cn(C)c(=O)[nH]c2=O)[C@H](O)[C@@H]1O)OP(=O)(O)[C@@H](C)O. The number of rotatable bonds is 7. The first-order chi connectivity index (χ1) is 12.8. The topological polar surface area (TPSA) is 171 Å². The van der Waals surface area contributed by atoms with E-state index < -0.39 is 54.7 Å². The highest BCUT2D eigenvalue weighted by molar-refractivity contribution is 7.53. The van der Waals surface area contributed by atoms with Gasteiger partial charge in [-0.3, -0.25) is 14.3 Å². The molecule has 1 fully saturated rings. The van der Waals surface area contributed by atoms with Gasteiger partial charge in [-0.25, -0.2) is 4.79 Å². The van der Waals surface area contributed by atoms with Crippen molar-refractivity contribution in [3.63, 3.8) is 0 Å². The number of aryl methyl sites for hydroxylation is 1. The van der Waals surface area contributed by atoms with Crippen LogP contribution in [0.25, 0.3) is 0 Å². The van der Waals surface area contributed by atoms with Crippen molar-refractivity contribution in [2.45, 2.75) is 69.5 Å². The lowest BCUT2D eigenvalue weighted by Crippen LogP contribution is -2.39. The molecule has 0 aromatic carbocycles. The molecule has 0 amide bonds. The second-order valence-corrected chi connectivity index (χ2v) is 9.38. The first-order valence-corrected chi connectivity index (χ1v) is 10.5. The van der Waals surface area contributed by atoms with E-state index in [4.69, 9.17) is 9.26 Å². The second kappa shape index (κ2) is 8.19. The Morgan fingerprint density at radius 2 is 2.00 bits per heavy atom. The number of aromatic amines is 1. The number of aliphatic hydroxyl groups is 3. The van der Waals surface area contributed by atoms with Gasteiger partial charge < -0.3 is 34.0 Å². The Bertz CT molecular complexity index is 866. The third kappa shape index (κ3) is 4.62. The van der Waals surface area contributed by atoms with Crippen molar-refractivity contribution < 1.29 is 34.0 Å². The Morgan fingerprint density at radius 3 is 2.54 bits per heavy atom. The van der Waals surface area contributed by atoms with Crippen molar-refractivity contribution in [2.75, 3.05) is 0 Å². The first kappa shape index (κ1) is 23.0. The summed E-state index contributed by atoms with van der Waals surface area (Å²) < 4.78 is 24.1. The molecule has 0 radical (unpaired) electrons. The van der Waals surface area contributed by atoms with E-state index in [9.17, 15) is 34.4 Å². The van der Waals surface area contributed by atoms with Gasteiger partial charge in [0.05, 0.1) is 17.3 Å². The van der Waals surface area contributed by atoms with Crippen LogP contribution in [0.5, 0.6) is 0 Å². The fourth-order valence-corrected chi connectivity index (χ4v) is 4.01. The van der Waals surface area contributed by atoms with Crippen LogP contribution in [0.3, 0.4) is 0 Å². The minimum Gasteiger partial charge on any atom is -0.388 e. The zero-order valence-corrected chi connectivity index (χ0v) is 17.0. The molecular weight excluding hydrogens is 395 g/mol. The van der Waals surface area contributed by atoms with Crippen molar-refractivity contribution in [2.24, 2.45) is 7.05 Å². The number of ether oxygens (including phenoxy) is 1. The van der Waals surface area contributed by atoms with Gasteiger partial charge in [-0.15, -0.1) is 0 Å². The van der Waals surface area contributed by atoms with Gasteiger partial charge in [-0.2, -0.15) is 0 Å². The Kier molecular flexibility index (Phi) is 6.72. The van der Waals surface area contributed by atoms with Crippen molar-refractivity contribution in [3.05, 3.63) is 32.6 Å². The van der Waals surface area contributed by atoms with Gasteiger partial charge in [0.15, 0.2) is 5.85 Å². The predicted octanol–water partition coefficient (Wildman–Crippen LogP) is -0.666. The van der Waals surface area contributed by atoms with Crippen LogP contribution in [-0.2, 0) is 20.9 Å². The highest BCUT2D eigenvalue weighted by Gasteiger charge is 2.48. The van der Waals surface area contributed by atoms with Crippen molar-refractivity contribution >= 4 is 7.60 Å². The van der Waals surface area contributed by atoms with E-state index >= 15 is 0 Å². The van der Waals surface area contributed by atoms with Gasteiger partial charge in [0.2, 0.25) is 0 Å².